The Balaban J connectivity index is 0. The van der Waals surface area contributed by atoms with Gasteiger partial charge in [-0.1, -0.05) is 76.0 Å². The van der Waals surface area contributed by atoms with Crippen molar-refractivity contribution in [2.75, 3.05) is 5.73 Å². The molecule has 27 heavy (non-hydrogen) atoms. The third-order valence-corrected chi connectivity index (χ3v) is 3.57. The minimum absolute atomic E-state index is 0.343. The second kappa shape index (κ2) is 17.8. The van der Waals surface area contributed by atoms with E-state index in [1.54, 1.807) is 0 Å². The lowest BCUT2D eigenvalue weighted by Crippen LogP contribution is -1.93. The number of rotatable bonds is 10. The summed E-state index contributed by atoms with van der Waals surface area (Å²) in [4.78, 5) is 10.2. The number of nitrogens with two attached hydrogens (primary N) is 1. The number of benzene rings is 1. The fourth-order valence-corrected chi connectivity index (χ4v) is 2.15. The largest absolute Gasteiger partial charge is 0.481 e. The molecule has 0 aliphatic heterocycles. The van der Waals surface area contributed by atoms with Gasteiger partial charge in [0.15, 0.2) is 0 Å². The van der Waals surface area contributed by atoms with E-state index in [0.29, 0.717) is 6.42 Å². The lowest BCUT2D eigenvalue weighted by molar-refractivity contribution is -0.137. The Morgan fingerprint density at radius 2 is 1.26 bits per heavy atom. The van der Waals surface area contributed by atoms with E-state index in [1.807, 2.05) is 31.2 Å². The molecule has 0 saturated heterocycles. The van der Waals surface area contributed by atoms with Crippen LogP contribution >= 0.6 is 0 Å². The number of hydrogen-bond donors (Lipinski definition) is 4. The molecule has 0 fully saturated rings. The topological polar surface area (TPSA) is 138 Å². The van der Waals surface area contributed by atoms with Crippen molar-refractivity contribution in [2.24, 2.45) is 0 Å². The second-order valence-corrected chi connectivity index (χ2v) is 7.23. The van der Waals surface area contributed by atoms with Crippen LogP contribution in [0.4, 0.5) is 5.69 Å². The number of anilines is 1. The summed E-state index contributed by atoms with van der Waals surface area (Å²) >= 11 is 0. The van der Waals surface area contributed by atoms with Crippen molar-refractivity contribution >= 4 is 22.1 Å². The van der Waals surface area contributed by atoms with Gasteiger partial charge in [-0.05, 0) is 25.5 Å². The number of unbranched alkanes of at least 4 members (excludes halogenated alkanes) is 8. The number of aliphatic carboxylic acids is 1. The summed E-state index contributed by atoms with van der Waals surface area (Å²) in [7, 11) is -4.67. The van der Waals surface area contributed by atoms with Gasteiger partial charge in [0.2, 0.25) is 0 Å². The highest BCUT2D eigenvalue weighted by molar-refractivity contribution is 7.79. The summed E-state index contributed by atoms with van der Waals surface area (Å²) in [6.07, 6.45) is 11.5. The van der Waals surface area contributed by atoms with Gasteiger partial charge in [-0.2, -0.15) is 8.42 Å². The van der Waals surface area contributed by atoms with Crippen LogP contribution in [-0.4, -0.2) is 28.6 Å². The number of nitrogen functional groups attached to an aromatic ring is 1. The van der Waals surface area contributed by atoms with Gasteiger partial charge in [-0.3, -0.25) is 13.9 Å². The number of carboxylic acids is 1. The van der Waals surface area contributed by atoms with Crippen molar-refractivity contribution in [2.45, 2.75) is 78.1 Å². The maximum Gasteiger partial charge on any atom is 0.394 e. The zero-order valence-electron chi connectivity index (χ0n) is 16.4. The summed E-state index contributed by atoms with van der Waals surface area (Å²) < 4.78 is 31.6. The van der Waals surface area contributed by atoms with E-state index >= 15 is 0 Å². The van der Waals surface area contributed by atoms with Crippen LogP contribution in [0.5, 0.6) is 0 Å². The molecule has 5 N–H and O–H groups in total. The molecule has 0 atom stereocenters. The third-order valence-electron chi connectivity index (χ3n) is 3.57. The molecule has 0 aliphatic rings. The van der Waals surface area contributed by atoms with Crippen molar-refractivity contribution in [1.82, 2.24) is 0 Å². The monoisotopic (exact) mass is 405 g/mol. The molecule has 1 rings (SSSR count). The van der Waals surface area contributed by atoms with Gasteiger partial charge in [-0.25, -0.2) is 0 Å². The van der Waals surface area contributed by atoms with Gasteiger partial charge in [0.25, 0.3) is 0 Å². The Kier molecular flexibility index (Phi) is 18.1. The molecular weight excluding hydrogens is 370 g/mol. The summed E-state index contributed by atoms with van der Waals surface area (Å²) in [5.41, 5.74) is 7.51. The molecule has 1 aromatic rings. The molecule has 0 amide bonds. The van der Waals surface area contributed by atoms with Crippen LogP contribution in [0.2, 0.25) is 0 Å². The Hall–Kier alpha value is -1.64. The van der Waals surface area contributed by atoms with Crippen molar-refractivity contribution in [3.8, 4) is 0 Å². The normalized spacial score (nSPS) is 10.2. The maximum atomic E-state index is 10.2. The molecule has 7 nitrogen and oxygen atoms in total. The Morgan fingerprint density at radius 1 is 0.889 bits per heavy atom. The first-order valence-electron chi connectivity index (χ1n) is 9.30. The van der Waals surface area contributed by atoms with Gasteiger partial charge in [0.1, 0.15) is 0 Å². The molecule has 0 radical (unpaired) electrons. The number of carboxylic acid groups (broad SMARTS) is 1. The molecule has 0 unspecified atom stereocenters. The zero-order valence-corrected chi connectivity index (χ0v) is 17.2. The number of hydrogen-bond acceptors (Lipinski definition) is 4. The standard InChI is InChI=1S/C12H24O2.C7H9N.H2O4S/c1-2-3-4-5-6-7-8-9-10-11-12(13)14;1-6-2-4-7(8)5-3-6;1-5(2,3)4/h2-11H2,1H3,(H,13,14);2-5H,8H2,1H3;(H2,1,2,3,4). The average molecular weight is 406 g/mol. The van der Waals surface area contributed by atoms with E-state index < -0.39 is 16.4 Å². The van der Waals surface area contributed by atoms with Crippen LogP contribution in [-0.2, 0) is 15.2 Å². The van der Waals surface area contributed by atoms with Crippen LogP contribution in [0.25, 0.3) is 0 Å². The Morgan fingerprint density at radius 3 is 1.59 bits per heavy atom. The fraction of sp³-hybridized carbons (Fsp3) is 0.632. The van der Waals surface area contributed by atoms with Crippen LogP contribution in [0.3, 0.4) is 0 Å². The molecule has 0 heterocycles. The predicted molar refractivity (Wildman–Crippen MR) is 109 cm³/mol. The van der Waals surface area contributed by atoms with E-state index in [4.69, 9.17) is 28.4 Å². The Labute approximate surface area is 163 Å². The first-order chi connectivity index (χ1) is 12.6. The van der Waals surface area contributed by atoms with Crippen LogP contribution in [0.15, 0.2) is 24.3 Å². The maximum absolute atomic E-state index is 10.2. The molecule has 158 valence electrons. The van der Waals surface area contributed by atoms with Gasteiger partial charge in [0, 0.05) is 12.1 Å². The quantitative estimate of drug-likeness (QED) is 0.246. The molecule has 0 saturated carbocycles. The highest BCUT2D eigenvalue weighted by atomic mass is 32.3. The van der Waals surface area contributed by atoms with Crippen LogP contribution in [0, 0.1) is 6.92 Å². The summed E-state index contributed by atoms with van der Waals surface area (Å²) in [6.45, 7) is 4.27. The Bertz CT molecular complexity index is 543. The van der Waals surface area contributed by atoms with Crippen molar-refractivity contribution in [3.63, 3.8) is 0 Å². The van der Waals surface area contributed by atoms with Gasteiger partial charge in [-0.15, -0.1) is 0 Å². The van der Waals surface area contributed by atoms with Crippen LogP contribution in [0.1, 0.15) is 76.7 Å². The third kappa shape index (κ3) is 32.5. The van der Waals surface area contributed by atoms with Gasteiger partial charge >= 0.3 is 16.4 Å². The van der Waals surface area contributed by atoms with Crippen molar-refractivity contribution < 1.29 is 27.4 Å². The second-order valence-electron chi connectivity index (χ2n) is 6.33. The van der Waals surface area contributed by atoms with E-state index in [2.05, 4.69) is 6.92 Å². The first kappa shape index (κ1) is 27.6. The number of carbonyl (C=O) groups is 1. The minimum Gasteiger partial charge on any atom is -0.481 e. The van der Waals surface area contributed by atoms with E-state index in [1.165, 1.54) is 50.5 Å². The molecule has 0 aliphatic carbocycles. The minimum atomic E-state index is -4.67. The van der Waals surface area contributed by atoms with Crippen LogP contribution < -0.4 is 5.73 Å². The zero-order chi connectivity index (χ0) is 21.1. The van der Waals surface area contributed by atoms with Gasteiger partial charge in [0.05, 0.1) is 0 Å². The SMILES string of the molecule is CCCCCCCCCCCC(=O)O.Cc1ccc(N)cc1.O=S(=O)(O)O. The molecule has 0 bridgehead atoms. The van der Waals surface area contributed by atoms with Gasteiger partial charge < -0.3 is 10.8 Å². The smallest absolute Gasteiger partial charge is 0.394 e. The molecule has 0 aromatic heterocycles. The summed E-state index contributed by atoms with van der Waals surface area (Å²) in [6, 6.07) is 7.79. The lowest BCUT2D eigenvalue weighted by Gasteiger charge is -2.00. The van der Waals surface area contributed by atoms with Crippen molar-refractivity contribution in [1.29, 1.82) is 0 Å². The highest BCUT2D eigenvalue weighted by Gasteiger charge is 1.96. The first-order valence-corrected chi connectivity index (χ1v) is 10.7. The molecule has 0 spiro atoms. The van der Waals surface area contributed by atoms with E-state index in [-0.39, 0.29) is 0 Å². The van der Waals surface area contributed by atoms with E-state index in [0.717, 1.165) is 18.5 Å². The fourth-order valence-electron chi connectivity index (χ4n) is 2.15. The molecule has 1 aromatic carbocycles. The predicted octanol–water partition coefficient (Wildman–Crippen LogP) is 4.92. The molecular formula is C19H35NO6S. The lowest BCUT2D eigenvalue weighted by atomic mass is 10.1. The summed E-state index contributed by atoms with van der Waals surface area (Å²) in [5, 5.41) is 8.41. The highest BCUT2D eigenvalue weighted by Crippen LogP contribution is 2.10. The van der Waals surface area contributed by atoms with Crippen molar-refractivity contribution in [3.05, 3.63) is 29.8 Å². The summed E-state index contributed by atoms with van der Waals surface area (Å²) in [5.74, 6) is -0.659. The average Bonchev–Trinajstić information content (AvgIpc) is 2.55. The number of aryl methyl sites for hydroxylation is 1. The van der Waals surface area contributed by atoms with E-state index in [9.17, 15) is 4.79 Å². The molecule has 8 heteroatoms.